The summed E-state index contributed by atoms with van der Waals surface area (Å²) in [5, 5.41) is 13.9. The topological polar surface area (TPSA) is 84.4 Å². The molecule has 0 saturated carbocycles. The van der Waals surface area contributed by atoms with Gasteiger partial charge in [-0.3, -0.25) is 0 Å². The van der Waals surface area contributed by atoms with Crippen molar-refractivity contribution in [1.29, 1.82) is 0 Å². The molecule has 2 heterocycles. The normalized spacial score (nSPS) is 15.5. The van der Waals surface area contributed by atoms with Gasteiger partial charge in [0.2, 0.25) is 10.0 Å². The first kappa shape index (κ1) is 19.8. The highest BCUT2D eigenvalue weighted by atomic mass is 32.2. The van der Waals surface area contributed by atoms with Gasteiger partial charge in [-0.05, 0) is 18.1 Å². The number of nitrogens with one attached hydrogen (secondary N) is 1. The Morgan fingerprint density at radius 1 is 0.966 bits per heavy atom. The molecule has 3 aromatic rings. The fourth-order valence-electron chi connectivity index (χ4n) is 3.53. The summed E-state index contributed by atoms with van der Waals surface area (Å²) in [7, 11) is -3.38. The number of aryl methyl sites for hydroxylation is 1. The molecule has 7 nitrogen and oxygen atoms in total. The number of rotatable bonds is 6. The van der Waals surface area contributed by atoms with Crippen LogP contribution in [0.5, 0.6) is 0 Å². The molecule has 1 aliphatic rings. The molecular formula is C21H24N4O3S. The van der Waals surface area contributed by atoms with Crippen LogP contribution >= 0.6 is 0 Å². The number of morpholine rings is 1. The maximum absolute atomic E-state index is 12.8. The smallest absolute Gasteiger partial charge is 0.218 e. The number of sulfonamides is 1. The molecule has 2 aromatic carbocycles. The largest absolute Gasteiger partial charge is 0.379 e. The highest BCUT2D eigenvalue weighted by Gasteiger charge is 2.25. The quantitative estimate of drug-likeness (QED) is 0.670. The second-order valence-corrected chi connectivity index (χ2v) is 9.04. The summed E-state index contributed by atoms with van der Waals surface area (Å²) in [6, 6.07) is 15.6. The van der Waals surface area contributed by atoms with Gasteiger partial charge in [-0.15, -0.1) is 5.10 Å². The van der Waals surface area contributed by atoms with E-state index in [1.807, 2.05) is 55.5 Å². The van der Waals surface area contributed by atoms with Crippen molar-refractivity contribution in [2.24, 2.45) is 0 Å². The lowest BCUT2D eigenvalue weighted by molar-refractivity contribution is 0.0729. The second kappa shape index (κ2) is 8.44. The van der Waals surface area contributed by atoms with E-state index in [0.29, 0.717) is 38.7 Å². The van der Waals surface area contributed by atoms with Gasteiger partial charge >= 0.3 is 0 Å². The number of aromatic nitrogens is 2. The van der Waals surface area contributed by atoms with E-state index in [2.05, 4.69) is 15.5 Å². The van der Waals surface area contributed by atoms with E-state index >= 15 is 0 Å². The van der Waals surface area contributed by atoms with Crippen molar-refractivity contribution in [2.75, 3.05) is 31.6 Å². The van der Waals surface area contributed by atoms with E-state index in [4.69, 9.17) is 4.74 Å². The van der Waals surface area contributed by atoms with Crippen molar-refractivity contribution in [3.63, 3.8) is 0 Å². The molecule has 152 valence electrons. The van der Waals surface area contributed by atoms with Gasteiger partial charge in [-0.25, -0.2) is 8.42 Å². The average molecular weight is 413 g/mol. The molecule has 0 aliphatic carbocycles. The fourth-order valence-corrected chi connectivity index (χ4v) is 5.09. The molecule has 1 N–H and O–H groups in total. The van der Waals surface area contributed by atoms with Gasteiger partial charge in [0.05, 0.1) is 24.7 Å². The lowest BCUT2D eigenvalue weighted by atomic mass is 10.1. The van der Waals surface area contributed by atoms with Crippen LogP contribution in [0.15, 0.2) is 48.5 Å². The van der Waals surface area contributed by atoms with Crippen LogP contribution in [0, 0.1) is 6.92 Å². The number of nitrogens with zero attached hydrogens (tertiary/aromatic N) is 3. The molecule has 8 heteroatoms. The Morgan fingerprint density at radius 2 is 1.62 bits per heavy atom. The molecule has 4 rings (SSSR count). The van der Waals surface area contributed by atoms with Crippen molar-refractivity contribution in [1.82, 2.24) is 14.5 Å². The molecule has 1 aliphatic heterocycles. The molecule has 0 spiro atoms. The zero-order chi connectivity index (χ0) is 20.3. The van der Waals surface area contributed by atoms with Gasteiger partial charge in [0.15, 0.2) is 5.82 Å². The van der Waals surface area contributed by atoms with E-state index in [9.17, 15) is 8.42 Å². The Hall–Kier alpha value is -2.55. The Balaban J connectivity index is 1.55. The zero-order valence-corrected chi connectivity index (χ0v) is 17.2. The van der Waals surface area contributed by atoms with Gasteiger partial charge in [-0.1, -0.05) is 48.5 Å². The standard InChI is InChI=1S/C21H24N4O3S/c1-16-19-8-4-5-9-20(19)21(24-23-16)22-14-17-6-2-3-7-18(17)15-29(26,27)25-10-12-28-13-11-25/h2-9H,10-15H2,1H3,(H,22,24). The van der Waals surface area contributed by atoms with Gasteiger partial charge in [-0.2, -0.15) is 9.40 Å². The first-order valence-corrected chi connectivity index (χ1v) is 11.2. The van der Waals surface area contributed by atoms with E-state index in [1.54, 1.807) is 0 Å². The van der Waals surface area contributed by atoms with Crippen LogP contribution in [0.1, 0.15) is 16.8 Å². The van der Waals surface area contributed by atoms with E-state index < -0.39 is 10.0 Å². The minimum Gasteiger partial charge on any atom is -0.379 e. The molecular weight excluding hydrogens is 388 g/mol. The second-order valence-electron chi connectivity index (χ2n) is 7.07. The molecule has 0 amide bonds. The van der Waals surface area contributed by atoms with E-state index in [-0.39, 0.29) is 5.75 Å². The maximum atomic E-state index is 12.8. The highest BCUT2D eigenvalue weighted by Crippen LogP contribution is 2.24. The molecule has 0 bridgehead atoms. The minimum absolute atomic E-state index is 0.0226. The Kier molecular flexibility index (Phi) is 5.75. The molecule has 1 saturated heterocycles. The maximum Gasteiger partial charge on any atom is 0.218 e. The summed E-state index contributed by atoms with van der Waals surface area (Å²) in [6.45, 7) is 4.12. The van der Waals surface area contributed by atoms with Crippen LogP contribution in [0.4, 0.5) is 5.82 Å². The first-order valence-electron chi connectivity index (χ1n) is 9.63. The SMILES string of the molecule is Cc1nnc(NCc2ccccc2CS(=O)(=O)N2CCOCC2)c2ccccc12. The van der Waals surface area contributed by atoms with Crippen LogP contribution in [0.2, 0.25) is 0 Å². The Labute approximate surface area is 170 Å². The number of fused-ring (bicyclic) bond motifs is 1. The van der Waals surface area contributed by atoms with Gasteiger partial charge in [0.1, 0.15) is 0 Å². The lowest BCUT2D eigenvalue weighted by Crippen LogP contribution is -2.41. The number of hydrogen-bond donors (Lipinski definition) is 1. The number of ether oxygens (including phenoxy) is 1. The fraction of sp³-hybridized carbons (Fsp3) is 0.333. The van der Waals surface area contributed by atoms with Crippen LogP contribution in [0.25, 0.3) is 10.8 Å². The summed E-state index contributed by atoms with van der Waals surface area (Å²) < 4.78 is 32.4. The number of hydrogen-bond acceptors (Lipinski definition) is 6. The molecule has 0 atom stereocenters. The zero-order valence-electron chi connectivity index (χ0n) is 16.3. The summed E-state index contributed by atoms with van der Waals surface area (Å²) in [5.41, 5.74) is 2.59. The molecule has 0 radical (unpaired) electrons. The lowest BCUT2D eigenvalue weighted by Gasteiger charge is -2.26. The van der Waals surface area contributed by atoms with Crippen molar-refractivity contribution < 1.29 is 13.2 Å². The van der Waals surface area contributed by atoms with Crippen molar-refractivity contribution in [3.05, 3.63) is 65.4 Å². The van der Waals surface area contributed by atoms with Gasteiger partial charge < -0.3 is 10.1 Å². The van der Waals surface area contributed by atoms with Gasteiger partial charge in [0.25, 0.3) is 0 Å². The summed E-state index contributed by atoms with van der Waals surface area (Å²) in [5.74, 6) is 0.669. The van der Waals surface area contributed by atoms with Crippen LogP contribution < -0.4 is 5.32 Å². The third kappa shape index (κ3) is 4.39. The van der Waals surface area contributed by atoms with Crippen molar-refractivity contribution in [2.45, 2.75) is 19.2 Å². The third-order valence-electron chi connectivity index (χ3n) is 5.14. The number of anilines is 1. The Bertz CT molecular complexity index is 1110. The minimum atomic E-state index is -3.38. The van der Waals surface area contributed by atoms with Crippen molar-refractivity contribution in [3.8, 4) is 0 Å². The monoisotopic (exact) mass is 412 g/mol. The van der Waals surface area contributed by atoms with Crippen molar-refractivity contribution >= 4 is 26.6 Å². The van der Waals surface area contributed by atoms with E-state index in [0.717, 1.165) is 27.6 Å². The Morgan fingerprint density at radius 3 is 2.38 bits per heavy atom. The summed E-state index contributed by atoms with van der Waals surface area (Å²) in [4.78, 5) is 0. The highest BCUT2D eigenvalue weighted by molar-refractivity contribution is 7.88. The number of benzene rings is 2. The summed E-state index contributed by atoms with van der Waals surface area (Å²) in [6.07, 6.45) is 0. The van der Waals surface area contributed by atoms with Crippen LogP contribution in [-0.2, 0) is 27.1 Å². The van der Waals surface area contributed by atoms with E-state index in [1.165, 1.54) is 4.31 Å². The predicted octanol–water partition coefficient (Wildman–Crippen LogP) is 2.71. The third-order valence-corrected chi connectivity index (χ3v) is 6.97. The van der Waals surface area contributed by atoms with Gasteiger partial charge in [0, 0.05) is 30.4 Å². The van der Waals surface area contributed by atoms with Crippen LogP contribution in [0.3, 0.4) is 0 Å². The molecule has 1 aromatic heterocycles. The molecule has 1 fully saturated rings. The van der Waals surface area contributed by atoms with Crippen LogP contribution in [-0.4, -0.2) is 49.2 Å². The first-order chi connectivity index (χ1) is 14.0. The average Bonchev–Trinajstić information content (AvgIpc) is 2.75. The molecule has 29 heavy (non-hydrogen) atoms. The predicted molar refractivity (Wildman–Crippen MR) is 113 cm³/mol. The summed E-state index contributed by atoms with van der Waals surface area (Å²) >= 11 is 0. The molecule has 0 unspecified atom stereocenters.